The zero-order chi connectivity index (χ0) is 18.3. The summed E-state index contributed by atoms with van der Waals surface area (Å²) in [6, 6.07) is 30.8. The summed E-state index contributed by atoms with van der Waals surface area (Å²) in [5.41, 5.74) is 3.46. The summed E-state index contributed by atoms with van der Waals surface area (Å²) >= 11 is 0. The van der Waals surface area contributed by atoms with Crippen molar-refractivity contribution in [1.82, 2.24) is 15.1 Å². The van der Waals surface area contributed by atoms with E-state index in [0.717, 1.165) is 18.7 Å². The van der Waals surface area contributed by atoms with Crippen molar-refractivity contribution >= 4 is 0 Å². The predicted molar refractivity (Wildman–Crippen MR) is 106 cm³/mol. The number of benzene rings is 3. The average molecular weight is 355 g/mol. The van der Waals surface area contributed by atoms with Crippen molar-refractivity contribution in [2.45, 2.75) is 19.6 Å². The molecule has 0 bridgehead atoms. The Hall–Kier alpha value is -3.24. The van der Waals surface area contributed by atoms with Crippen LogP contribution in [0.3, 0.4) is 0 Å². The van der Waals surface area contributed by atoms with Crippen LogP contribution in [-0.2, 0) is 19.6 Å². The number of aromatic nitrogens is 2. The van der Waals surface area contributed by atoms with E-state index in [1.165, 1.54) is 11.1 Å². The van der Waals surface area contributed by atoms with Crippen LogP contribution in [0.4, 0.5) is 0 Å². The highest BCUT2D eigenvalue weighted by Gasteiger charge is 2.14. The van der Waals surface area contributed by atoms with Gasteiger partial charge in [-0.1, -0.05) is 78.9 Å². The Morgan fingerprint density at radius 1 is 0.593 bits per heavy atom. The molecule has 0 aliphatic heterocycles. The third-order valence-corrected chi connectivity index (χ3v) is 4.34. The summed E-state index contributed by atoms with van der Waals surface area (Å²) in [5, 5.41) is 8.47. The van der Waals surface area contributed by atoms with Gasteiger partial charge in [0.05, 0.1) is 6.54 Å². The van der Waals surface area contributed by atoms with E-state index in [9.17, 15) is 0 Å². The minimum Gasteiger partial charge on any atom is -0.419 e. The molecule has 0 spiro atoms. The number of hydrogen-bond donors (Lipinski definition) is 0. The molecule has 4 rings (SSSR count). The van der Waals surface area contributed by atoms with E-state index in [0.29, 0.717) is 18.3 Å². The van der Waals surface area contributed by atoms with Crippen molar-refractivity contribution < 1.29 is 4.42 Å². The van der Waals surface area contributed by atoms with Crippen LogP contribution >= 0.6 is 0 Å². The molecule has 0 fully saturated rings. The fourth-order valence-electron chi connectivity index (χ4n) is 3.06. The second kappa shape index (κ2) is 8.43. The average Bonchev–Trinajstić information content (AvgIpc) is 3.19. The van der Waals surface area contributed by atoms with Crippen LogP contribution < -0.4 is 0 Å². The number of nitrogens with zero attached hydrogens (tertiary/aromatic N) is 3. The Bertz CT molecular complexity index is 911. The van der Waals surface area contributed by atoms with Crippen molar-refractivity contribution in [2.24, 2.45) is 0 Å². The SMILES string of the molecule is c1ccc(CN(Cc2ccccc2)Cc2nnc(-c3ccccc3)o2)cc1. The van der Waals surface area contributed by atoms with E-state index in [-0.39, 0.29) is 0 Å². The molecular formula is C23H21N3O. The lowest BCUT2D eigenvalue weighted by Crippen LogP contribution is -2.22. The van der Waals surface area contributed by atoms with E-state index in [1.54, 1.807) is 0 Å². The van der Waals surface area contributed by atoms with E-state index >= 15 is 0 Å². The second-order valence-corrected chi connectivity index (χ2v) is 6.48. The van der Waals surface area contributed by atoms with Gasteiger partial charge in [0.15, 0.2) is 0 Å². The Kier molecular flexibility index (Phi) is 5.36. The first-order valence-corrected chi connectivity index (χ1v) is 9.05. The van der Waals surface area contributed by atoms with Gasteiger partial charge < -0.3 is 4.42 Å². The molecule has 4 heteroatoms. The maximum absolute atomic E-state index is 5.91. The fraction of sp³-hybridized carbons (Fsp3) is 0.130. The maximum atomic E-state index is 5.91. The third-order valence-electron chi connectivity index (χ3n) is 4.34. The molecule has 0 radical (unpaired) electrons. The molecule has 1 heterocycles. The molecule has 0 saturated carbocycles. The van der Waals surface area contributed by atoms with Gasteiger partial charge in [-0.05, 0) is 23.3 Å². The summed E-state index contributed by atoms with van der Waals surface area (Å²) < 4.78 is 5.91. The van der Waals surface area contributed by atoms with Crippen molar-refractivity contribution in [2.75, 3.05) is 0 Å². The van der Waals surface area contributed by atoms with Gasteiger partial charge in [0, 0.05) is 18.7 Å². The van der Waals surface area contributed by atoms with Crippen LogP contribution in [0.25, 0.3) is 11.5 Å². The standard InChI is InChI=1S/C23H21N3O/c1-4-10-19(11-5-1)16-26(17-20-12-6-2-7-13-20)18-22-24-25-23(27-22)21-14-8-3-9-15-21/h1-15H,16-18H2. The van der Waals surface area contributed by atoms with Crippen molar-refractivity contribution in [1.29, 1.82) is 0 Å². The molecule has 27 heavy (non-hydrogen) atoms. The van der Waals surface area contributed by atoms with Crippen LogP contribution in [0.15, 0.2) is 95.4 Å². The second-order valence-electron chi connectivity index (χ2n) is 6.48. The van der Waals surface area contributed by atoms with E-state index in [4.69, 9.17) is 4.42 Å². The summed E-state index contributed by atoms with van der Waals surface area (Å²) in [4.78, 5) is 2.31. The van der Waals surface area contributed by atoms with E-state index in [2.05, 4.69) is 63.6 Å². The molecule has 0 aliphatic carbocycles. The van der Waals surface area contributed by atoms with Gasteiger partial charge in [0.2, 0.25) is 11.8 Å². The van der Waals surface area contributed by atoms with Gasteiger partial charge in [-0.3, -0.25) is 4.90 Å². The summed E-state index contributed by atoms with van der Waals surface area (Å²) in [5.74, 6) is 1.19. The monoisotopic (exact) mass is 355 g/mol. The molecule has 0 N–H and O–H groups in total. The smallest absolute Gasteiger partial charge is 0.247 e. The lowest BCUT2D eigenvalue weighted by Gasteiger charge is -2.20. The Labute approximate surface area is 159 Å². The van der Waals surface area contributed by atoms with Gasteiger partial charge in [-0.2, -0.15) is 0 Å². The highest BCUT2D eigenvalue weighted by molar-refractivity contribution is 5.51. The topological polar surface area (TPSA) is 42.2 Å². The largest absolute Gasteiger partial charge is 0.419 e. The van der Waals surface area contributed by atoms with Gasteiger partial charge in [-0.15, -0.1) is 10.2 Å². The molecular weight excluding hydrogens is 334 g/mol. The van der Waals surface area contributed by atoms with Crippen molar-refractivity contribution in [3.8, 4) is 11.5 Å². The minimum absolute atomic E-state index is 0.560. The van der Waals surface area contributed by atoms with Gasteiger partial charge in [0.1, 0.15) is 0 Å². The Morgan fingerprint density at radius 2 is 1.11 bits per heavy atom. The zero-order valence-electron chi connectivity index (χ0n) is 15.0. The van der Waals surface area contributed by atoms with Crippen LogP contribution in [0.1, 0.15) is 17.0 Å². The Morgan fingerprint density at radius 3 is 1.67 bits per heavy atom. The van der Waals surface area contributed by atoms with Crippen molar-refractivity contribution in [3.63, 3.8) is 0 Å². The molecule has 134 valence electrons. The lowest BCUT2D eigenvalue weighted by atomic mass is 10.1. The molecule has 0 atom stereocenters. The fourth-order valence-corrected chi connectivity index (χ4v) is 3.06. The first-order valence-electron chi connectivity index (χ1n) is 9.05. The molecule has 1 aromatic heterocycles. The van der Waals surface area contributed by atoms with E-state index in [1.807, 2.05) is 42.5 Å². The predicted octanol–water partition coefficient (Wildman–Crippen LogP) is 4.94. The summed E-state index contributed by atoms with van der Waals surface area (Å²) in [7, 11) is 0. The zero-order valence-corrected chi connectivity index (χ0v) is 15.0. The Balaban J connectivity index is 1.52. The highest BCUT2D eigenvalue weighted by atomic mass is 16.4. The van der Waals surface area contributed by atoms with Gasteiger partial charge >= 0.3 is 0 Å². The molecule has 0 unspecified atom stereocenters. The molecule has 4 aromatic rings. The molecule has 0 saturated heterocycles. The highest BCUT2D eigenvalue weighted by Crippen LogP contribution is 2.19. The van der Waals surface area contributed by atoms with Crippen LogP contribution in [0.2, 0.25) is 0 Å². The number of hydrogen-bond acceptors (Lipinski definition) is 4. The third kappa shape index (κ3) is 4.68. The van der Waals surface area contributed by atoms with Crippen LogP contribution in [0, 0.1) is 0 Å². The van der Waals surface area contributed by atoms with Gasteiger partial charge in [0.25, 0.3) is 0 Å². The molecule has 3 aromatic carbocycles. The number of rotatable bonds is 7. The summed E-state index contributed by atoms with van der Waals surface area (Å²) in [6.07, 6.45) is 0. The summed E-state index contributed by atoms with van der Waals surface area (Å²) in [6.45, 7) is 2.24. The van der Waals surface area contributed by atoms with Crippen LogP contribution in [0.5, 0.6) is 0 Å². The molecule has 4 nitrogen and oxygen atoms in total. The molecule has 0 amide bonds. The first-order chi connectivity index (χ1) is 13.4. The lowest BCUT2D eigenvalue weighted by molar-refractivity contribution is 0.223. The van der Waals surface area contributed by atoms with E-state index < -0.39 is 0 Å². The van der Waals surface area contributed by atoms with Crippen molar-refractivity contribution in [3.05, 3.63) is 108 Å². The minimum atomic E-state index is 0.560. The first kappa shape index (κ1) is 17.2. The molecule has 0 aliphatic rings. The van der Waals surface area contributed by atoms with Gasteiger partial charge in [-0.25, -0.2) is 0 Å². The quantitative estimate of drug-likeness (QED) is 0.471. The normalized spacial score (nSPS) is 11.0. The van der Waals surface area contributed by atoms with Crippen LogP contribution in [-0.4, -0.2) is 15.1 Å². The maximum Gasteiger partial charge on any atom is 0.247 e.